The Morgan fingerprint density at radius 2 is 2.00 bits per heavy atom. The van der Waals surface area contributed by atoms with Crippen LogP contribution in [0.2, 0.25) is 0 Å². The average molecular weight is 338 g/mol. The monoisotopic (exact) mass is 338 g/mol. The highest BCUT2D eigenvalue weighted by Crippen LogP contribution is 2.29. The van der Waals surface area contributed by atoms with E-state index in [4.69, 9.17) is 4.74 Å². The van der Waals surface area contributed by atoms with Crippen LogP contribution in [-0.4, -0.2) is 25.5 Å². The number of carbonyl (C=O) groups is 2. The molecule has 1 aliphatic heterocycles. The van der Waals surface area contributed by atoms with Crippen molar-refractivity contribution in [3.05, 3.63) is 53.6 Å². The van der Waals surface area contributed by atoms with Gasteiger partial charge in [-0.05, 0) is 37.6 Å². The molecule has 2 aromatic rings. The molecule has 0 aromatic heterocycles. The van der Waals surface area contributed by atoms with Crippen molar-refractivity contribution >= 4 is 23.2 Å². The van der Waals surface area contributed by atoms with Crippen LogP contribution in [0.3, 0.4) is 0 Å². The fourth-order valence-electron chi connectivity index (χ4n) is 3.17. The van der Waals surface area contributed by atoms with Crippen molar-refractivity contribution in [3.63, 3.8) is 0 Å². The third-order valence-electron chi connectivity index (χ3n) is 4.48. The number of anilines is 2. The van der Waals surface area contributed by atoms with E-state index in [1.807, 2.05) is 44.2 Å². The van der Waals surface area contributed by atoms with Crippen molar-refractivity contribution in [1.82, 2.24) is 0 Å². The van der Waals surface area contributed by atoms with Gasteiger partial charge in [-0.1, -0.05) is 23.8 Å². The number of benzene rings is 2. The number of amides is 2. The zero-order valence-electron chi connectivity index (χ0n) is 14.7. The molecule has 1 heterocycles. The molecule has 2 amide bonds. The van der Waals surface area contributed by atoms with Crippen molar-refractivity contribution in [2.45, 2.75) is 20.3 Å². The van der Waals surface area contributed by atoms with Crippen LogP contribution in [0.5, 0.6) is 5.75 Å². The molecule has 5 heteroatoms. The summed E-state index contributed by atoms with van der Waals surface area (Å²) in [5, 5.41) is 2.88. The number of carbonyl (C=O) groups excluding carboxylic acids is 2. The second-order valence-corrected chi connectivity index (χ2v) is 6.42. The molecular weight excluding hydrogens is 316 g/mol. The first-order valence-electron chi connectivity index (χ1n) is 8.30. The van der Waals surface area contributed by atoms with E-state index in [2.05, 4.69) is 5.32 Å². The van der Waals surface area contributed by atoms with Crippen LogP contribution in [-0.2, 0) is 9.59 Å². The Morgan fingerprint density at radius 3 is 2.72 bits per heavy atom. The van der Waals surface area contributed by atoms with Crippen LogP contribution in [0.15, 0.2) is 42.5 Å². The molecule has 25 heavy (non-hydrogen) atoms. The summed E-state index contributed by atoms with van der Waals surface area (Å²) < 4.78 is 5.16. The van der Waals surface area contributed by atoms with E-state index in [1.54, 1.807) is 24.1 Å². The van der Waals surface area contributed by atoms with Gasteiger partial charge in [-0.25, -0.2) is 0 Å². The van der Waals surface area contributed by atoms with E-state index in [9.17, 15) is 9.59 Å². The maximum Gasteiger partial charge on any atom is 0.229 e. The minimum Gasteiger partial charge on any atom is -0.497 e. The molecule has 1 fully saturated rings. The first kappa shape index (κ1) is 17.0. The Labute approximate surface area is 147 Å². The number of aryl methyl sites for hydroxylation is 2. The Balaban J connectivity index is 1.72. The van der Waals surface area contributed by atoms with Crippen LogP contribution in [0.25, 0.3) is 0 Å². The molecule has 1 N–H and O–H groups in total. The summed E-state index contributed by atoms with van der Waals surface area (Å²) in [5.74, 6) is 0.156. The molecule has 3 rings (SSSR count). The second-order valence-electron chi connectivity index (χ2n) is 6.42. The van der Waals surface area contributed by atoms with Crippen LogP contribution >= 0.6 is 0 Å². The lowest BCUT2D eigenvalue weighted by atomic mass is 10.1. The highest BCUT2D eigenvalue weighted by atomic mass is 16.5. The molecule has 5 nitrogen and oxygen atoms in total. The van der Waals surface area contributed by atoms with Crippen molar-refractivity contribution in [2.24, 2.45) is 5.92 Å². The largest absolute Gasteiger partial charge is 0.497 e. The first-order chi connectivity index (χ1) is 12.0. The van der Waals surface area contributed by atoms with Gasteiger partial charge in [0.1, 0.15) is 5.75 Å². The van der Waals surface area contributed by atoms with Gasteiger partial charge < -0.3 is 15.0 Å². The number of nitrogens with one attached hydrogen (secondary N) is 1. The molecule has 0 saturated carbocycles. The van der Waals surface area contributed by atoms with E-state index < -0.39 is 0 Å². The van der Waals surface area contributed by atoms with Crippen molar-refractivity contribution in [1.29, 1.82) is 0 Å². The molecular formula is C20H22N2O3. The van der Waals surface area contributed by atoms with Crippen LogP contribution < -0.4 is 15.0 Å². The van der Waals surface area contributed by atoms with Gasteiger partial charge in [-0.15, -0.1) is 0 Å². The van der Waals surface area contributed by atoms with E-state index in [0.717, 1.165) is 16.8 Å². The number of nitrogens with zero attached hydrogens (tertiary/aromatic N) is 1. The zero-order chi connectivity index (χ0) is 18.0. The van der Waals surface area contributed by atoms with Gasteiger partial charge >= 0.3 is 0 Å². The van der Waals surface area contributed by atoms with Crippen LogP contribution in [0, 0.1) is 19.8 Å². The quantitative estimate of drug-likeness (QED) is 0.930. The molecule has 1 atom stereocenters. The van der Waals surface area contributed by atoms with Crippen LogP contribution in [0.4, 0.5) is 11.4 Å². The van der Waals surface area contributed by atoms with E-state index in [-0.39, 0.29) is 24.2 Å². The number of hydrogen-bond acceptors (Lipinski definition) is 3. The lowest BCUT2D eigenvalue weighted by molar-refractivity contribution is -0.122. The maximum atomic E-state index is 12.5. The van der Waals surface area contributed by atoms with Gasteiger partial charge in [0, 0.05) is 30.4 Å². The lowest BCUT2D eigenvalue weighted by Gasteiger charge is -2.19. The Bertz CT molecular complexity index is 816. The predicted octanol–water partition coefficient (Wildman–Crippen LogP) is 3.30. The summed E-state index contributed by atoms with van der Waals surface area (Å²) in [7, 11) is 1.58. The molecule has 130 valence electrons. The normalized spacial score (nSPS) is 16.8. The highest BCUT2D eigenvalue weighted by Gasteiger charge is 2.35. The summed E-state index contributed by atoms with van der Waals surface area (Å²) in [6, 6.07) is 13.2. The minimum absolute atomic E-state index is 0.0160. The molecule has 2 aromatic carbocycles. The summed E-state index contributed by atoms with van der Waals surface area (Å²) >= 11 is 0. The molecule has 0 aliphatic carbocycles. The SMILES string of the molecule is COc1cccc(NC(=O)[C@H]2CC(=O)N(c3ccc(C)cc3C)C2)c1. The third-order valence-corrected chi connectivity index (χ3v) is 4.48. The third kappa shape index (κ3) is 3.65. The van der Waals surface area contributed by atoms with Crippen molar-refractivity contribution in [3.8, 4) is 5.75 Å². The molecule has 0 unspecified atom stereocenters. The maximum absolute atomic E-state index is 12.5. The number of hydrogen-bond donors (Lipinski definition) is 1. The number of methoxy groups -OCH3 is 1. The minimum atomic E-state index is -0.362. The molecule has 1 aliphatic rings. The Hall–Kier alpha value is -2.82. The fraction of sp³-hybridized carbons (Fsp3) is 0.300. The molecule has 0 radical (unpaired) electrons. The predicted molar refractivity (Wildman–Crippen MR) is 98.0 cm³/mol. The summed E-state index contributed by atoms with van der Waals surface area (Å²) in [5.41, 5.74) is 3.75. The summed E-state index contributed by atoms with van der Waals surface area (Å²) in [6.45, 7) is 4.41. The zero-order valence-corrected chi connectivity index (χ0v) is 14.7. The van der Waals surface area contributed by atoms with Crippen molar-refractivity contribution in [2.75, 3.05) is 23.9 Å². The lowest BCUT2D eigenvalue weighted by Crippen LogP contribution is -2.28. The van der Waals surface area contributed by atoms with Gasteiger partial charge in [0.25, 0.3) is 0 Å². The van der Waals surface area contributed by atoms with Gasteiger partial charge in [0.05, 0.1) is 13.0 Å². The molecule has 0 spiro atoms. The average Bonchev–Trinajstić information content (AvgIpc) is 2.97. The van der Waals surface area contributed by atoms with E-state index in [1.165, 1.54) is 0 Å². The summed E-state index contributed by atoms with van der Waals surface area (Å²) in [6.07, 6.45) is 0.225. The highest BCUT2D eigenvalue weighted by molar-refractivity contribution is 6.03. The van der Waals surface area contributed by atoms with E-state index >= 15 is 0 Å². The number of ether oxygens (including phenoxy) is 1. The van der Waals surface area contributed by atoms with Crippen LogP contribution in [0.1, 0.15) is 17.5 Å². The molecule has 0 bridgehead atoms. The Kier molecular flexibility index (Phi) is 4.74. The standard InChI is InChI=1S/C20H22N2O3/c1-13-7-8-18(14(2)9-13)22-12-15(10-19(22)23)20(24)21-16-5-4-6-17(11-16)25-3/h4-9,11,15H,10,12H2,1-3H3,(H,21,24)/t15-/m0/s1. The van der Waals surface area contributed by atoms with Gasteiger partial charge in [-0.2, -0.15) is 0 Å². The molecule has 1 saturated heterocycles. The van der Waals surface area contributed by atoms with Gasteiger partial charge in [0.15, 0.2) is 0 Å². The summed E-state index contributed by atoms with van der Waals surface area (Å²) in [4.78, 5) is 26.7. The van der Waals surface area contributed by atoms with Gasteiger partial charge in [0.2, 0.25) is 11.8 Å². The second kappa shape index (κ2) is 6.97. The number of rotatable bonds is 4. The first-order valence-corrected chi connectivity index (χ1v) is 8.30. The fourth-order valence-corrected chi connectivity index (χ4v) is 3.17. The Morgan fingerprint density at radius 1 is 1.20 bits per heavy atom. The van der Waals surface area contributed by atoms with Crippen molar-refractivity contribution < 1.29 is 14.3 Å². The van der Waals surface area contributed by atoms with Gasteiger partial charge in [-0.3, -0.25) is 9.59 Å². The smallest absolute Gasteiger partial charge is 0.229 e. The van der Waals surface area contributed by atoms with E-state index in [0.29, 0.717) is 18.0 Å². The topological polar surface area (TPSA) is 58.6 Å².